The number of Topliss-reactive ketones (excluding diaryl/α,β-unsaturated/α-hetero) is 1. The molecule has 26 heteroatoms. The number of rotatable bonds is 19. The van der Waals surface area contributed by atoms with Gasteiger partial charge in [-0.3, -0.25) is 9.59 Å². The van der Waals surface area contributed by atoms with E-state index < -0.39 is 16.8 Å². The topological polar surface area (TPSA) is 251 Å². The largest absolute Gasteiger partial charge is 2.00 e. The van der Waals surface area contributed by atoms with E-state index >= 15 is 0 Å². The maximum absolute atomic E-state index is 13.2. The maximum Gasteiger partial charge on any atom is 2.00 e. The van der Waals surface area contributed by atoms with Crippen molar-refractivity contribution in [3.05, 3.63) is 187 Å². The summed E-state index contributed by atoms with van der Waals surface area (Å²) in [6, 6.07) is 23.9. The molecule has 108 heavy (non-hydrogen) atoms. The Kier molecular flexibility index (Phi) is 59.0. The molecule has 2 saturated heterocycles. The molecule has 3 unspecified atom stereocenters. The van der Waals surface area contributed by atoms with E-state index in [1.54, 1.807) is 70.5 Å². The Hall–Kier alpha value is -5.20. The van der Waals surface area contributed by atoms with Crippen LogP contribution >= 0.6 is 23.2 Å². The smallest absolute Gasteiger partial charge is 1.00 e. The van der Waals surface area contributed by atoms with E-state index in [9.17, 15) is 51.7 Å². The molecule has 8 atom stereocenters. The third kappa shape index (κ3) is 44.1. The van der Waals surface area contributed by atoms with Gasteiger partial charge in [-0.1, -0.05) is 152 Å². The van der Waals surface area contributed by atoms with Gasteiger partial charge in [-0.2, -0.15) is 0 Å². The van der Waals surface area contributed by atoms with Gasteiger partial charge in [0.15, 0.2) is 5.78 Å². The number of cyclic esters (lactones) is 2. The van der Waals surface area contributed by atoms with E-state index in [1.165, 1.54) is 66.7 Å². The number of carbonyl (C=O) groups excluding carboxylic acids is 6. The minimum atomic E-state index is -1.03. The molecular formula is C82H121BrCl2F4MgN5NaO12. The number of carbonyl (C=O) groups is 4. The third-order valence-corrected chi connectivity index (χ3v) is 18.4. The van der Waals surface area contributed by atoms with E-state index in [4.69, 9.17) is 48.5 Å². The van der Waals surface area contributed by atoms with Crippen LogP contribution in [0.5, 0.6) is 0 Å². The van der Waals surface area contributed by atoms with Crippen molar-refractivity contribution in [2.45, 2.75) is 230 Å². The Morgan fingerprint density at radius 2 is 0.972 bits per heavy atom. The number of benzene rings is 4. The fraction of sp³-hybridized carbons (Fsp3) is 0.549. The second-order valence-corrected chi connectivity index (χ2v) is 31.4. The van der Waals surface area contributed by atoms with Crippen LogP contribution in [0.25, 0.3) is 0 Å². The number of halogens is 7. The Morgan fingerprint density at radius 1 is 0.648 bits per heavy atom. The standard InChI is InChI=1S/C19H26FNO2.C18H26FNO3.C12H14ClFO.C9H8ClFO.2C7H13NO.C6H15N.C3H5.CH2O3.BrH.Mg.Na/c1-6-11-19(15-7-9-16(20)10-8-15)12-13-21(17(22)23-19)14(2)18(3,4)5;1-13(17(2,3)4)20-11-9-18(10-12-21,23-16(20)22)14-5-7-15(19)8-6-14;1-2-7-12(15,8-9-13)10-3-5-11(14)6-4-10;10-6-5-9(12)7-1-3-8(11)4-2-7;2*1-6(8-5-9)7(2,3)4;1-5(7)6(2,3)4;1-3-2;2-1-4-3;;;/h6-10,14H,1,11-13H2,2-5H3;5-8,13,21H,9-12H2,1-4H3;2-6,15H,1,7-9H2;1-4H,5-6H2;2*6H,1-4H3;5H,7H2,1-4H3;3H,1-2H2;1,3H;1H;;/q;;;;;;;-1;;;+2;+1/p-2/t14-,19?;13-,18?;;;2*6-;5-;;;;;/m00..000...../s1. The number of hydrogen-bond acceptors (Lipinski definition) is 15. The molecular weight excluding hydrogens is 1520 g/mol. The summed E-state index contributed by atoms with van der Waals surface area (Å²) in [7, 11) is 0. The van der Waals surface area contributed by atoms with Gasteiger partial charge >= 0.3 is 64.8 Å². The van der Waals surface area contributed by atoms with Gasteiger partial charge in [0.25, 0.3) is 6.47 Å². The summed E-state index contributed by atoms with van der Waals surface area (Å²) in [6.45, 7) is 55.9. The van der Waals surface area contributed by atoms with Crippen LogP contribution in [0.15, 0.2) is 145 Å². The summed E-state index contributed by atoms with van der Waals surface area (Å²) in [5, 5.41) is 28.1. The molecule has 598 valence electrons. The number of nitrogens with zero attached hydrogens (tertiary/aromatic N) is 4. The molecule has 2 fully saturated rings. The predicted molar refractivity (Wildman–Crippen MR) is 418 cm³/mol. The summed E-state index contributed by atoms with van der Waals surface area (Å²) in [5.74, 6) is -0.684. The molecule has 4 N–H and O–H groups in total. The van der Waals surface area contributed by atoms with Crippen molar-refractivity contribution in [2.24, 2.45) is 42.8 Å². The van der Waals surface area contributed by atoms with Crippen molar-refractivity contribution in [2.75, 3.05) is 31.5 Å². The normalized spacial score (nSPS) is 16.9. The zero-order valence-corrected chi connectivity index (χ0v) is 74.5. The first-order valence-corrected chi connectivity index (χ1v) is 35.8. The molecule has 0 bridgehead atoms. The van der Waals surface area contributed by atoms with Crippen molar-refractivity contribution in [1.29, 1.82) is 0 Å². The van der Waals surface area contributed by atoms with Gasteiger partial charge in [-0.05, 0) is 152 Å². The SMILES string of the molecule is C=CCC(O)(CCCl)c1ccc(F)cc1.C=CCC1(c2ccc(F)cc2)CCN([C@@H](C)C(C)(C)C)C(=O)O1.C=C[CH2-].C[C@H](N)C(C)(C)C.C[C@H](N1CCC(CCO)(c2ccc(F)cc2)OC1=O)C(C)(C)C.C[C@H](N=C=O)C(C)(C)C.C[C@H](N=C=O)C(C)(C)C.O=C(CCCl)c1ccc(F)cc1.O=CO[O-].[Br-].[Mg+2].[Na+]. The molecule has 2 aliphatic heterocycles. The number of nitrogens with two attached hydrogens (primary N) is 1. The zero-order valence-electron chi connectivity index (χ0n) is 67.9. The summed E-state index contributed by atoms with van der Waals surface area (Å²) >= 11 is 11.0. The molecule has 4 aromatic rings. The number of allylic oxidation sites excluding steroid dienone is 1. The van der Waals surface area contributed by atoms with Gasteiger partial charge < -0.3 is 62.3 Å². The first kappa shape index (κ1) is 114. The Balaban J connectivity index is -0.000000286. The van der Waals surface area contributed by atoms with E-state index in [0.717, 1.165) is 11.1 Å². The van der Waals surface area contributed by atoms with E-state index in [0.29, 0.717) is 87.0 Å². The molecule has 0 saturated carbocycles. The van der Waals surface area contributed by atoms with Crippen LogP contribution < -0.4 is 57.5 Å². The summed E-state index contributed by atoms with van der Waals surface area (Å²) < 4.78 is 63.1. The third-order valence-electron chi connectivity index (χ3n) is 18.0. The van der Waals surface area contributed by atoms with Gasteiger partial charge in [0, 0.05) is 87.2 Å². The first-order chi connectivity index (χ1) is 48.5. The van der Waals surface area contributed by atoms with Crippen molar-refractivity contribution in [3.8, 4) is 0 Å². The second kappa shape index (κ2) is 56.1. The van der Waals surface area contributed by atoms with Crippen LogP contribution in [0.4, 0.5) is 27.2 Å². The Bertz CT molecular complexity index is 3260. The van der Waals surface area contributed by atoms with Crippen LogP contribution in [0.3, 0.4) is 0 Å². The molecule has 0 aliphatic carbocycles. The van der Waals surface area contributed by atoms with Gasteiger partial charge in [-0.25, -0.2) is 66.3 Å². The fourth-order valence-electron chi connectivity index (χ4n) is 8.82. The van der Waals surface area contributed by atoms with Crippen molar-refractivity contribution in [3.63, 3.8) is 0 Å². The van der Waals surface area contributed by atoms with Crippen LogP contribution in [0, 0.1) is 57.3 Å². The number of aliphatic imine (C=N–C) groups is 2. The number of ether oxygens (including phenoxy) is 2. The zero-order chi connectivity index (χ0) is 82.0. The minimum Gasteiger partial charge on any atom is -1.00 e. The summed E-state index contributed by atoms with van der Waals surface area (Å²) in [6.07, 6.45) is 10.5. The van der Waals surface area contributed by atoms with Gasteiger partial charge in [0.05, 0.1) is 17.7 Å². The second-order valence-electron chi connectivity index (χ2n) is 30.7. The number of hydrogen-bond donors (Lipinski definition) is 3. The number of alkyl halides is 2. The number of isocyanates is 2. The van der Waals surface area contributed by atoms with Crippen LogP contribution in [-0.4, -0.2) is 141 Å². The van der Waals surface area contributed by atoms with Crippen LogP contribution in [-0.2, 0) is 45.5 Å². The van der Waals surface area contributed by atoms with Gasteiger partial charge in [-0.15, -0.1) is 36.4 Å². The monoisotopic (exact) mass is 1640 g/mol. The number of aliphatic hydroxyl groups is 2. The average Bonchev–Trinajstić information content (AvgIpc) is 0.783. The van der Waals surface area contributed by atoms with Gasteiger partial charge in [0.2, 0.25) is 12.2 Å². The quantitative estimate of drug-likeness (QED) is 0.00676. The molecule has 0 aromatic heterocycles. The molecule has 2 heterocycles. The van der Waals surface area contributed by atoms with Crippen molar-refractivity contribution < 1.29 is 123 Å². The summed E-state index contributed by atoms with van der Waals surface area (Å²) in [4.78, 5) is 77.8. The average molecular weight is 1640 g/mol. The number of ketones is 1. The maximum atomic E-state index is 13.2. The van der Waals surface area contributed by atoms with Crippen LogP contribution in [0.2, 0.25) is 0 Å². The van der Waals surface area contributed by atoms with Crippen LogP contribution in [0.1, 0.15) is 210 Å². The van der Waals surface area contributed by atoms with E-state index in [2.05, 4.69) is 104 Å². The Labute approximate surface area is 701 Å². The van der Waals surface area contributed by atoms with Crippen molar-refractivity contribution in [1.82, 2.24) is 9.80 Å². The predicted octanol–water partition coefficient (Wildman–Crippen LogP) is 12.4. The van der Waals surface area contributed by atoms with E-state index in [-0.39, 0.29) is 175 Å². The molecule has 2 amide bonds. The minimum absolute atomic E-state index is 0. The van der Waals surface area contributed by atoms with Gasteiger partial charge in [0.1, 0.15) is 34.5 Å². The van der Waals surface area contributed by atoms with Crippen molar-refractivity contribution >= 4 is 82.9 Å². The molecule has 0 spiro atoms. The fourth-order valence-corrected chi connectivity index (χ4v) is 9.30. The molecule has 4 aromatic carbocycles. The first-order valence-electron chi connectivity index (χ1n) is 34.7. The molecule has 6 rings (SSSR count). The summed E-state index contributed by atoms with van der Waals surface area (Å²) in [5.41, 5.74) is 6.00. The number of aliphatic hydroxyl groups excluding tert-OH is 1. The molecule has 17 nitrogen and oxygen atoms in total. The Morgan fingerprint density at radius 3 is 1.23 bits per heavy atom. The number of amides is 2. The van der Waals surface area contributed by atoms with E-state index in [1.807, 2.05) is 76.2 Å². The molecule has 0 radical (unpaired) electrons. The molecule has 2 aliphatic rings.